The molecule has 1 unspecified atom stereocenters. The molecule has 3 heterocycles. The average molecular weight is 447 g/mol. The molecule has 164 valence electrons. The van der Waals surface area contributed by atoms with Gasteiger partial charge in [-0.25, -0.2) is 9.37 Å². The molecule has 2 aromatic carbocycles. The van der Waals surface area contributed by atoms with Crippen molar-refractivity contribution in [1.29, 1.82) is 0 Å². The molecular weight excluding hydrogens is 419 g/mol. The largest absolute Gasteiger partial charge is 0.488 e. The molecule has 2 aliphatic heterocycles. The van der Waals surface area contributed by atoms with Crippen molar-refractivity contribution in [3.8, 4) is 16.2 Å². The number of rotatable bonds is 6. The van der Waals surface area contributed by atoms with Crippen LogP contribution in [-0.2, 0) is 0 Å². The summed E-state index contributed by atoms with van der Waals surface area (Å²) in [6.07, 6.45) is 5.89. The average Bonchev–Trinajstić information content (AvgIpc) is 3.55. The van der Waals surface area contributed by atoms with Crippen molar-refractivity contribution in [2.75, 3.05) is 6.61 Å². The Labute approximate surface area is 192 Å². The molecule has 2 saturated heterocycles. The highest BCUT2D eigenvalue weighted by atomic mass is 32.1. The highest BCUT2D eigenvalue weighted by molar-refractivity contribution is 7.15. The molecule has 2 saturated carbocycles. The number of allylic oxidation sites excluding steroid dienone is 1. The Bertz CT molecular complexity index is 1160. The molecule has 0 amide bonds. The van der Waals surface area contributed by atoms with E-state index in [4.69, 9.17) is 9.72 Å². The molecule has 2 bridgehead atoms. The van der Waals surface area contributed by atoms with E-state index in [1.807, 2.05) is 6.07 Å². The van der Waals surface area contributed by atoms with Crippen molar-refractivity contribution in [3.05, 3.63) is 76.7 Å². The summed E-state index contributed by atoms with van der Waals surface area (Å²) in [6, 6.07) is 18.1. The fourth-order valence-corrected chi connectivity index (χ4v) is 6.25. The van der Waals surface area contributed by atoms with Crippen molar-refractivity contribution < 1.29 is 9.13 Å². The second kappa shape index (κ2) is 8.04. The van der Waals surface area contributed by atoms with Crippen LogP contribution in [0.5, 0.6) is 5.75 Å². The summed E-state index contributed by atoms with van der Waals surface area (Å²) in [7, 11) is 0. The third-order valence-corrected chi connectivity index (χ3v) is 7.98. The van der Waals surface area contributed by atoms with Gasteiger partial charge in [0, 0.05) is 6.04 Å². The van der Waals surface area contributed by atoms with Crippen molar-refractivity contribution >= 4 is 17.0 Å². The van der Waals surface area contributed by atoms with E-state index in [-0.39, 0.29) is 11.9 Å². The number of aromatic nitrogens is 1. The van der Waals surface area contributed by atoms with Crippen LogP contribution < -0.4 is 4.74 Å². The monoisotopic (exact) mass is 446 g/mol. The predicted octanol–water partition coefficient (Wildman–Crippen LogP) is 6.69. The van der Waals surface area contributed by atoms with Crippen LogP contribution in [0, 0.1) is 18.7 Å². The Morgan fingerprint density at radius 2 is 1.81 bits per heavy atom. The smallest absolute Gasteiger partial charge is 0.165 e. The number of para-hydroxylation sites is 1. The molecular formula is C27H27FN2OS. The Hall–Kier alpha value is -2.66. The normalized spacial score (nSPS) is 23.6. The van der Waals surface area contributed by atoms with Crippen LogP contribution in [0.15, 0.2) is 60.2 Å². The molecule has 0 N–H and O–H groups in total. The van der Waals surface area contributed by atoms with E-state index in [1.165, 1.54) is 40.6 Å². The van der Waals surface area contributed by atoms with Gasteiger partial charge in [-0.1, -0.05) is 42.5 Å². The second-order valence-electron chi connectivity index (χ2n) is 9.26. The van der Waals surface area contributed by atoms with E-state index in [2.05, 4.69) is 42.2 Å². The minimum Gasteiger partial charge on any atom is -0.488 e. The first-order chi connectivity index (χ1) is 15.7. The molecule has 1 atom stereocenters. The minimum atomic E-state index is -0.290. The molecule has 2 aliphatic carbocycles. The van der Waals surface area contributed by atoms with Crippen LogP contribution in [0.3, 0.4) is 0 Å². The molecule has 7 rings (SSSR count). The molecule has 5 heteroatoms. The first kappa shape index (κ1) is 20.0. The number of nitrogens with zero attached hydrogens (tertiary/aromatic N) is 2. The minimum absolute atomic E-state index is 0.251. The van der Waals surface area contributed by atoms with E-state index >= 15 is 0 Å². The fraction of sp³-hybridized carbons (Fsp3) is 0.370. The van der Waals surface area contributed by atoms with Crippen LogP contribution in [-0.4, -0.2) is 28.6 Å². The summed E-state index contributed by atoms with van der Waals surface area (Å²) in [5, 5.41) is 1.10. The van der Waals surface area contributed by atoms with Crippen LogP contribution in [0.2, 0.25) is 0 Å². The van der Waals surface area contributed by atoms with Gasteiger partial charge in [0.15, 0.2) is 11.6 Å². The first-order valence-electron chi connectivity index (χ1n) is 11.6. The standard InChI is InChI=1S/C27H27FN2OS/c1-17-29-25(27(32-17)20-7-3-2-4-8-20)26(19-11-12-19)30-21-13-18(14-21)15-22(30)16-31-24-10-6-5-9-23(24)28/h2-10,18,21-22H,11-16H2,1H3. The van der Waals surface area contributed by atoms with Crippen molar-refractivity contribution in [3.63, 3.8) is 0 Å². The van der Waals surface area contributed by atoms with E-state index in [9.17, 15) is 4.39 Å². The summed E-state index contributed by atoms with van der Waals surface area (Å²) in [4.78, 5) is 8.93. The number of fused-ring (bicyclic) bond motifs is 2. The highest BCUT2D eigenvalue weighted by Gasteiger charge is 2.47. The number of hydrogen-bond acceptors (Lipinski definition) is 4. The number of ether oxygens (including phenoxy) is 1. The number of hydrogen-bond donors (Lipinski definition) is 0. The molecule has 4 aliphatic rings. The lowest BCUT2D eigenvalue weighted by molar-refractivity contribution is -0.00727. The zero-order valence-electron chi connectivity index (χ0n) is 18.3. The van der Waals surface area contributed by atoms with Gasteiger partial charge < -0.3 is 9.64 Å². The molecule has 1 aromatic heterocycles. The highest BCUT2D eigenvalue weighted by Crippen LogP contribution is 2.51. The van der Waals surface area contributed by atoms with Crippen molar-refractivity contribution in [1.82, 2.24) is 9.88 Å². The van der Waals surface area contributed by atoms with Crippen molar-refractivity contribution in [2.45, 2.75) is 51.1 Å². The Kier molecular flexibility index (Phi) is 5.02. The van der Waals surface area contributed by atoms with E-state index in [1.54, 1.807) is 23.5 Å². The zero-order chi connectivity index (χ0) is 21.7. The van der Waals surface area contributed by atoms with Gasteiger partial charge in [0.2, 0.25) is 0 Å². The second-order valence-corrected chi connectivity index (χ2v) is 10.5. The maximum absolute atomic E-state index is 14.2. The van der Waals surface area contributed by atoms with Gasteiger partial charge in [-0.15, -0.1) is 11.3 Å². The summed E-state index contributed by atoms with van der Waals surface area (Å²) in [5.41, 5.74) is 5.20. The molecule has 4 fully saturated rings. The van der Waals surface area contributed by atoms with Crippen molar-refractivity contribution in [2.24, 2.45) is 5.92 Å². The van der Waals surface area contributed by atoms with E-state index in [0.29, 0.717) is 18.4 Å². The Morgan fingerprint density at radius 1 is 1.06 bits per heavy atom. The van der Waals surface area contributed by atoms with Gasteiger partial charge in [-0.3, -0.25) is 0 Å². The number of thiazole rings is 1. The van der Waals surface area contributed by atoms with E-state index in [0.717, 1.165) is 35.9 Å². The quantitative estimate of drug-likeness (QED) is 0.422. The lowest BCUT2D eigenvalue weighted by Gasteiger charge is -2.55. The van der Waals surface area contributed by atoms with Crippen LogP contribution >= 0.6 is 11.3 Å². The summed E-state index contributed by atoms with van der Waals surface area (Å²) < 4.78 is 20.2. The van der Waals surface area contributed by atoms with E-state index < -0.39 is 0 Å². The van der Waals surface area contributed by atoms with Crippen LogP contribution in [0.4, 0.5) is 4.39 Å². The van der Waals surface area contributed by atoms with Crippen LogP contribution in [0.25, 0.3) is 16.1 Å². The molecule has 0 spiro atoms. The third-order valence-electron chi connectivity index (χ3n) is 6.96. The summed E-state index contributed by atoms with van der Waals surface area (Å²) in [6.45, 7) is 2.61. The maximum Gasteiger partial charge on any atom is 0.165 e. The SMILES string of the molecule is Cc1nc(C(=C2CC2)N2C(COc3ccccc3F)CC3CC2C3)c(-c2ccccc2)s1. The number of halogens is 1. The van der Waals surface area contributed by atoms with Gasteiger partial charge in [-0.2, -0.15) is 0 Å². The third kappa shape index (κ3) is 3.62. The van der Waals surface area contributed by atoms with Gasteiger partial charge in [0.05, 0.1) is 21.6 Å². The maximum atomic E-state index is 14.2. The van der Waals surface area contributed by atoms with Crippen LogP contribution in [0.1, 0.15) is 42.8 Å². The number of aryl methyl sites for hydroxylation is 1. The summed E-state index contributed by atoms with van der Waals surface area (Å²) in [5.74, 6) is 0.825. The zero-order valence-corrected chi connectivity index (χ0v) is 19.1. The van der Waals surface area contributed by atoms with Gasteiger partial charge in [-0.05, 0) is 68.2 Å². The lowest BCUT2D eigenvalue weighted by atomic mass is 9.70. The predicted molar refractivity (Wildman–Crippen MR) is 127 cm³/mol. The lowest BCUT2D eigenvalue weighted by Crippen LogP contribution is -2.57. The van der Waals surface area contributed by atoms with Gasteiger partial charge in [0.25, 0.3) is 0 Å². The molecule has 0 radical (unpaired) electrons. The Balaban J connectivity index is 1.36. The fourth-order valence-electron chi connectivity index (χ4n) is 5.32. The van der Waals surface area contributed by atoms with Gasteiger partial charge in [0.1, 0.15) is 12.3 Å². The summed E-state index contributed by atoms with van der Waals surface area (Å²) >= 11 is 1.78. The Morgan fingerprint density at radius 3 is 2.56 bits per heavy atom. The topological polar surface area (TPSA) is 25.4 Å². The first-order valence-corrected chi connectivity index (χ1v) is 12.4. The van der Waals surface area contributed by atoms with Gasteiger partial charge >= 0.3 is 0 Å². The molecule has 3 aromatic rings. The number of piperidine rings is 2. The number of benzene rings is 2. The molecule has 32 heavy (non-hydrogen) atoms. The molecule has 3 nitrogen and oxygen atoms in total.